The third-order valence-electron chi connectivity index (χ3n) is 9.80. The predicted molar refractivity (Wildman–Crippen MR) is 130 cm³/mol. The number of phenols is 1. The van der Waals surface area contributed by atoms with Crippen molar-refractivity contribution in [3.8, 4) is 5.75 Å². The summed E-state index contributed by atoms with van der Waals surface area (Å²) in [5.74, 6) is 0.0924. The van der Waals surface area contributed by atoms with Crippen LogP contribution >= 0.6 is 0 Å². The number of primary amides is 1. The van der Waals surface area contributed by atoms with Crippen LogP contribution in [0.1, 0.15) is 52.0 Å². The van der Waals surface area contributed by atoms with E-state index in [9.17, 15) is 15.0 Å². The number of H-pyrrole nitrogens is 1. The lowest BCUT2D eigenvalue weighted by Gasteiger charge is -2.65. The average Bonchev–Trinajstić information content (AvgIpc) is 3.53. The Kier molecular flexibility index (Phi) is 3.89. The van der Waals surface area contributed by atoms with Crippen molar-refractivity contribution < 1.29 is 19.5 Å². The number of carbonyl (C=O) groups is 1. The molecule has 176 valence electrons. The second-order valence-corrected chi connectivity index (χ2v) is 11.6. The molecule has 0 radical (unpaired) electrons. The quantitative estimate of drug-likeness (QED) is 0.454. The summed E-state index contributed by atoms with van der Waals surface area (Å²) in [5.41, 5.74) is 9.35. The Morgan fingerprint density at radius 2 is 2.00 bits per heavy atom. The van der Waals surface area contributed by atoms with Gasteiger partial charge in [0, 0.05) is 59.2 Å². The Balaban J connectivity index is 1.50. The van der Waals surface area contributed by atoms with Gasteiger partial charge in [0.25, 0.3) is 5.91 Å². The van der Waals surface area contributed by atoms with E-state index < -0.39 is 16.9 Å². The number of nitrogens with zero attached hydrogens (tertiary/aromatic N) is 1. The fourth-order valence-electron chi connectivity index (χ4n) is 8.03. The number of hydrogen-bond donors (Lipinski definition) is 4. The Morgan fingerprint density at radius 1 is 1.21 bits per heavy atom. The molecule has 1 saturated heterocycles. The van der Waals surface area contributed by atoms with E-state index >= 15 is 0 Å². The standard InChI is InChI=1S/C28H31N3O3/c1-31(15-16-6-7-16)11-10-27-14-22-20(18-4-2-3-5-21(18)30-22)13-28(27,34)23(31)12-17-8-9-19(26(29)33)25(32)24(17)27/h2-5,8-9,16,23,30,34H,6-7,10-15H2,1H3,(H2-,29,32,33)/p+1/t23?,27-,28?,31?/m1/s1. The van der Waals surface area contributed by atoms with Gasteiger partial charge in [-0.3, -0.25) is 4.79 Å². The van der Waals surface area contributed by atoms with Crippen molar-refractivity contribution in [1.29, 1.82) is 0 Å². The number of aromatic hydroxyl groups is 1. The average molecular weight is 459 g/mol. The van der Waals surface area contributed by atoms with Gasteiger partial charge in [-0.25, -0.2) is 0 Å². The maximum absolute atomic E-state index is 12.9. The highest BCUT2D eigenvalue weighted by Gasteiger charge is 2.70. The number of likely N-dealkylation sites (N-methyl/N-ethyl adjacent to an activating group) is 1. The second-order valence-electron chi connectivity index (χ2n) is 11.6. The van der Waals surface area contributed by atoms with Gasteiger partial charge in [0.2, 0.25) is 0 Å². The molecule has 6 heteroatoms. The first kappa shape index (κ1) is 20.5. The number of fused-ring (bicyclic) bond motifs is 4. The number of piperidine rings is 1. The topological polar surface area (TPSA) is 99.3 Å². The number of carbonyl (C=O) groups excluding carboxylic acids is 1. The largest absolute Gasteiger partial charge is 0.507 e. The SMILES string of the molecule is C[N+]1(CC2CC2)CC[C@]23Cc4[nH]c5ccccc5c4CC2(O)C1Cc1ccc(C(N)=O)c(O)c13. The molecule has 2 bridgehead atoms. The number of aromatic nitrogens is 1. The molecule has 4 aliphatic rings. The van der Waals surface area contributed by atoms with Crippen LogP contribution in [0.15, 0.2) is 36.4 Å². The zero-order valence-electron chi connectivity index (χ0n) is 19.6. The highest BCUT2D eigenvalue weighted by Crippen LogP contribution is 2.61. The molecule has 34 heavy (non-hydrogen) atoms. The Hall–Kier alpha value is -2.83. The molecule has 2 heterocycles. The number of para-hydroxylation sites is 1. The van der Waals surface area contributed by atoms with Crippen LogP contribution in [0.2, 0.25) is 0 Å². The van der Waals surface area contributed by atoms with Crippen LogP contribution in [0.4, 0.5) is 0 Å². The fraction of sp³-hybridized carbons (Fsp3) is 0.464. The molecule has 0 spiro atoms. The minimum atomic E-state index is -1.02. The first-order chi connectivity index (χ1) is 16.3. The monoisotopic (exact) mass is 458 g/mol. The van der Waals surface area contributed by atoms with Gasteiger partial charge in [0.15, 0.2) is 0 Å². The summed E-state index contributed by atoms with van der Waals surface area (Å²) < 4.78 is 0.873. The number of rotatable bonds is 3. The molecule has 3 aromatic rings. The van der Waals surface area contributed by atoms with Gasteiger partial charge in [-0.15, -0.1) is 0 Å². The number of benzene rings is 2. The molecular weight excluding hydrogens is 426 g/mol. The van der Waals surface area contributed by atoms with Crippen molar-refractivity contribution in [3.05, 3.63) is 64.3 Å². The lowest BCUT2D eigenvalue weighted by Crippen LogP contribution is -2.79. The normalized spacial score (nSPS) is 33.8. The Labute approximate surface area is 199 Å². The summed E-state index contributed by atoms with van der Waals surface area (Å²) in [5, 5.41) is 25.5. The van der Waals surface area contributed by atoms with Crippen LogP contribution in [-0.4, -0.2) is 57.4 Å². The van der Waals surface area contributed by atoms with E-state index in [-0.39, 0.29) is 17.4 Å². The van der Waals surface area contributed by atoms with Crippen molar-refractivity contribution in [1.82, 2.24) is 4.98 Å². The molecule has 1 aliphatic heterocycles. The Morgan fingerprint density at radius 3 is 2.76 bits per heavy atom. The van der Waals surface area contributed by atoms with Crippen molar-refractivity contribution in [2.24, 2.45) is 11.7 Å². The molecule has 1 saturated carbocycles. The molecule has 2 aromatic carbocycles. The lowest BCUT2D eigenvalue weighted by molar-refractivity contribution is -0.950. The number of aliphatic hydroxyl groups is 1. The molecule has 2 fully saturated rings. The highest BCUT2D eigenvalue weighted by molar-refractivity contribution is 5.96. The van der Waals surface area contributed by atoms with Crippen LogP contribution in [0.5, 0.6) is 5.75 Å². The van der Waals surface area contributed by atoms with Gasteiger partial charge in [0.1, 0.15) is 17.4 Å². The minimum Gasteiger partial charge on any atom is -0.507 e. The number of nitrogens with two attached hydrogens (primary N) is 1. The zero-order chi connectivity index (χ0) is 23.5. The maximum Gasteiger partial charge on any atom is 0.252 e. The lowest BCUT2D eigenvalue weighted by atomic mass is 9.48. The van der Waals surface area contributed by atoms with E-state index in [4.69, 9.17) is 5.73 Å². The molecule has 7 rings (SSSR count). The smallest absolute Gasteiger partial charge is 0.252 e. The molecule has 5 N–H and O–H groups in total. The highest BCUT2D eigenvalue weighted by atomic mass is 16.3. The van der Waals surface area contributed by atoms with Gasteiger partial charge in [-0.1, -0.05) is 24.3 Å². The first-order valence-corrected chi connectivity index (χ1v) is 12.6. The number of likely N-dealkylation sites (tertiary alicyclic amines) is 1. The summed E-state index contributed by atoms with van der Waals surface area (Å²) in [6, 6.07) is 12.0. The maximum atomic E-state index is 12.9. The van der Waals surface area contributed by atoms with Crippen molar-refractivity contribution in [2.45, 2.75) is 55.6 Å². The van der Waals surface area contributed by atoms with Crippen LogP contribution < -0.4 is 5.73 Å². The molecule has 6 nitrogen and oxygen atoms in total. The minimum absolute atomic E-state index is 0.0280. The van der Waals surface area contributed by atoms with Gasteiger partial charge in [-0.2, -0.15) is 0 Å². The second kappa shape index (κ2) is 6.43. The van der Waals surface area contributed by atoms with Crippen molar-refractivity contribution in [2.75, 3.05) is 20.1 Å². The van der Waals surface area contributed by atoms with Crippen LogP contribution in [0.25, 0.3) is 10.9 Å². The van der Waals surface area contributed by atoms with E-state index in [1.165, 1.54) is 23.8 Å². The number of amides is 1. The van der Waals surface area contributed by atoms with Crippen molar-refractivity contribution in [3.63, 3.8) is 0 Å². The third kappa shape index (κ3) is 2.45. The zero-order valence-corrected chi connectivity index (χ0v) is 19.6. The Bertz CT molecular complexity index is 1370. The van der Waals surface area contributed by atoms with Gasteiger partial charge in [-0.05, 0) is 36.1 Å². The number of nitrogens with one attached hydrogen (secondary N) is 1. The van der Waals surface area contributed by atoms with E-state index in [0.29, 0.717) is 19.3 Å². The predicted octanol–water partition coefficient (Wildman–Crippen LogP) is 2.93. The number of quaternary nitrogens is 1. The fourth-order valence-corrected chi connectivity index (χ4v) is 8.03. The molecule has 3 unspecified atom stereocenters. The van der Waals surface area contributed by atoms with Crippen LogP contribution in [-0.2, 0) is 24.7 Å². The van der Waals surface area contributed by atoms with Crippen molar-refractivity contribution >= 4 is 16.8 Å². The molecule has 1 amide bonds. The van der Waals surface area contributed by atoms with Gasteiger partial charge in [0.05, 0.1) is 25.7 Å². The molecule has 1 aromatic heterocycles. The number of hydrogen-bond acceptors (Lipinski definition) is 3. The third-order valence-corrected chi connectivity index (χ3v) is 9.80. The van der Waals surface area contributed by atoms with Crippen LogP contribution in [0.3, 0.4) is 0 Å². The van der Waals surface area contributed by atoms with E-state index in [1.54, 1.807) is 6.07 Å². The van der Waals surface area contributed by atoms with E-state index in [1.807, 2.05) is 12.1 Å². The summed E-state index contributed by atoms with van der Waals surface area (Å²) in [6.45, 7) is 2.06. The van der Waals surface area contributed by atoms with Gasteiger partial charge < -0.3 is 25.4 Å². The summed E-state index contributed by atoms with van der Waals surface area (Å²) in [6.07, 6.45) is 5.21. The molecule has 4 atom stereocenters. The summed E-state index contributed by atoms with van der Waals surface area (Å²) in [4.78, 5) is 15.8. The molecule has 3 aliphatic carbocycles. The summed E-state index contributed by atoms with van der Waals surface area (Å²) >= 11 is 0. The van der Waals surface area contributed by atoms with Gasteiger partial charge >= 0.3 is 0 Å². The van der Waals surface area contributed by atoms with E-state index in [2.05, 4.69) is 30.2 Å². The van der Waals surface area contributed by atoms with E-state index in [0.717, 1.165) is 52.2 Å². The number of aromatic amines is 1. The van der Waals surface area contributed by atoms with Crippen LogP contribution in [0, 0.1) is 5.92 Å². The first-order valence-electron chi connectivity index (χ1n) is 12.6. The summed E-state index contributed by atoms with van der Waals surface area (Å²) in [7, 11) is 2.33. The molecular formula is C28H32N3O3+.